The number of nitrogens with one attached hydrogen (secondary N) is 1. The predicted octanol–water partition coefficient (Wildman–Crippen LogP) is 3.59. The van der Waals surface area contributed by atoms with Crippen LogP contribution in [0.15, 0.2) is 17.6 Å². The molecule has 1 rings (SSSR count). The van der Waals surface area contributed by atoms with Crippen molar-refractivity contribution in [3.8, 4) is 0 Å². The van der Waals surface area contributed by atoms with Gasteiger partial charge in [-0.3, -0.25) is 4.79 Å². The van der Waals surface area contributed by atoms with E-state index in [0.29, 0.717) is 17.1 Å². The number of anilines is 2. The van der Waals surface area contributed by atoms with Crippen molar-refractivity contribution in [2.75, 3.05) is 36.5 Å². The number of rotatable bonds is 9. The molecule has 0 aliphatic heterocycles. The van der Waals surface area contributed by atoms with Crippen LogP contribution in [0, 0.1) is 0 Å². The van der Waals surface area contributed by atoms with Crippen molar-refractivity contribution in [3.05, 3.63) is 17.5 Å². The number of hydrogen-bond acceptors (Lipinski definition) is 5. The van der Waals surface area contributed by atoms with Gasteiger partial charge in [-0.15, -0.1) is 29.7 Å². The number of nitrogens with zero attached hydrogens (tertiary/aromatic N) is 1. The number of nitrogens with two attached hydrogens (primary N) is 1. The molecule has 0 saturated heterocycles. The van der Waals surface area contributed by atoms with Crippen LogP contribution in [0.3, 0.4) is 0 Å². The van der Waals surface area contributed by atoms with E-state index >= 15 is 0 Å². The number of unbranched alkanes of at least 4 members (excludes halogenated alkanes) is 1. The summed E-state index contributed by atoms with van der Waals surface area (Å²) in [4.78, 5) is 16.1. The van der Waals surface area contributed by atoms with Crippen molar-refractivity contribution in [1.29, 1.82) is 0 Å². The number of thioether (sulfide) groups is 1. The molecule has 4 nitrogen and oxygen atoms in total. The lowest BCUT2D eigenvalue weighted by atomic mass is 10.3. The molecule has 21 heavy (non-hydrogen) atoms. The Hall–Kier alpha value is -1.14. The summed E-state index contributed by atoms with van der Waals surface area (Å²) in [7, 11) is 0. The molecule has 1 heterocycles. The van der Waals surface area contributed by atoms with E-state index < -0.39 is 0 Å². The molecular weight excluding hydrogens is 302 g/mol. The third-order valence-electron chi connectivity index (χ3n) is 3.15. The first kappa shape index (κ1) is 17.9. The zero-order chi connectivity index (χ0) is 15.8. The maximum absolute atomic E-state index is 12.2. The molecule has 0 atom stereocenters. The normalized spacial score (nSPS) is 10.4. The zero-order valence-corrected chi connectivity index (χ0v) is 14.7. The molecule has 118 valence electrons. The summed E-state index contributed by atoms with van der Waals surface area (Å²) in [6, 6.07) is 0. The van der Waals surface area contributed by atoms with Gasteiger partial charge in [0.05, 0.1) is 10.6 Å². The lowest BCUT2D eigenvalue weighted by molar-refractivity contribution is 0.0963. The Morgan fingerprint density at radius 3 is 2.76 bits per heavy atom. The summed E-state index contributed by atoms with van der Waals surface area (Å²) >= 11 is 3.09. The molecule has 0 aliphatic carbocycles. The summed E-state index contributed by atoms with van der Waals surface area (Å²) in [5.41, 5.74) is 6.78. The van der Waals surface area contributed by atoms with Crippen LogP contribution in [0.5, 0.6) is 0 Å². The summed E-state index contributed by atoms with van der Waals surface area (Å²) in [5.74, 6) is -0.120. The number of nitrogen functional groups attached to an aromatic ring is 1. The molecular formula is C15H25N3OS2. The second kappa shape index (κ2) is 9.00. The summed E-state index contributed by atoms with van der Waals surface area (Å²) in [6.07, 6.45) is 5.95. The van der Waals surface area contributed by atoms with E-state index in [9.17, 15) is 4.79 Å². The largest absolute Gasteiger partial charge is 0.396 e. The highest BCUT2D eigenvalue weighted by atomic mass is 32.2. The third kappa shape index (κ3) is 4.41. The number of carbonyl (C=O) groups is 1. The van der Waals surface area contributed by atoms with Gasteiger partial charge in [0.1, 0.15) is 9.88 Å². The van der Waals surface area contributed by atoms with Gasteiger partial charge in [0.2, 0.25) is 0 Å². The molecule has 1 aromatic rings. The Bertz CT molecular complexity index is 486. The van der Waals surface area contributed by atoms with Crippen LogP contribution in [-0.4, -0.2) is 31.8 Å². The Kier molecular flexibility index (Phi) is 7.67. The van der Waals surface area contributed by atoms with Gasteiger partial charge in [-0.2, -0.15) is 0 Å². The molecule has 0 aliphatic rings. The highest BCUT2D eigenvalue weighted by molar-refractivity contribution is 7.99. The predicted molar refractivity (Wildman–Crippen MR) is 95.8 cm³/mol. The maximum Gasteiger partial charge on any atom is 0.263 e. The molecule has 0 aromatic carbocycles. The summed E-state index contributed by atoms with van der Waals surface area (Å²) in [5, 5.41) is 3.91. The van der Waals surface area contributed by atoms with Gasteiger partial charge in [0.15, 0.2) is 0 Å². The van der Waals surface area contributed by atoms with Crippen molar-refractivity contribution in [2.45, 2.75) is 31.6 Å². The average Bonchev–Trinajstić information content (AvgIpc) is 2.82. The Labute approximate surface area is 135 Å². The molecule has 1 amide bonds. The minimum Gasteiger partial charge on any atom is -0.396 e. The van der Waals surface area contributed by atoms with E-state index in [2.05, 4.69) is 30.6 Å². The van der Waals surface area contributed by atoms with E-state index in [0.717, 1.165) is 35.8 Å². The van der Waals surface area contributed by atoms with E-state index in [1.807, 2.05) is 6.26 Å². The summed E-state index contributed by atoms with van der Waals surface area (Å²) < 4.78 is 0. The van der Waals surface area contributed by atoms with Crippen LogP contribution in [0.1, 0.15) is 36.4 Å². The van der Waals surface area contributed by atoms with Crippen molar-refractivity contribution in [3.63, 3.8) is 0 Å². The van der Waals surface area contributed by atoms with Crippen LogP contribution in [-0.2, 0) is 0 Å². The molecule has 6 heteroatoms. The SMILES string of the molecule is C=CCNC(=O)c1sc(N(CC)CCCC)c(SC)c1N. The number of thiophene rings is 1. The number of hydrogen-bond donors (Lipinski definition) is 2. The molecule has 0 saturated carbocycles. The fourth-order valence-electron chi connectivity index (χ4n) is 1.99. The van der Waals surface area contributed by atoms with Crippen LogP contribution >= 0.6 is 23.1 Å². The fourth-order valence-corrected chi connectivity index (χ4v) is 4.18. The highest BCUT2D eigenvalue weighted by Gasteiger charge is 2.23. The van der Waals surface area contributed by atoms with E-state index in [-0.39, 0.29) is 5.91 Å². The van der Waals surface area contributed by atoms with Gasteiger partial charge >= 0.3 is 0 Å². The van der Waals surface area contributed by atoms with Crippen LogP contribution in [0.2, 0.25) is 0 Å². The van der Waals surface area contributed by atoms with Gasteiger partial charge in [-0.25, -0.2) is 0 Å². The number of carbonyl (C=O) groups excluding carboxylic acids is 1. The third-order valence-corrected chi connectivity index (χ3v) is 5.37. The standard InChI is InChI=1S/C15H25N3OS2/c1-5-8-10-18(7-3)15-13(20-4)11(16)12(21-15)14(19)17-9-6-2/h6H,2,5,7-10,16H2,1,3-4H3,(H,17,19). The second-order valence-corrected chi connectivity index (χ2v) is 6.43. The van der Waals surface area contributed by atoms with E-state index in [1.165, 1.54) is 11.3 Å². The number of amides is 1. The van der Waals surface area contributed by atoms with Gasteiger partial charge < -0.3 is 16.0 Å². The summed E-state index contributed by atoms with van der Waals surface area (Å²) in [6.45, 7) is 10.3. The first-order valence-electron chi connectivity index (χ1n) is 7.20. The van der Waals surface area contributed by atoms with Crippen LogP contribution < -0.4 is 16.0 Å². The molecule has 3 N–H and O–H groups in total. The van der Waals surface area contributed by atoms with Gasteiger partial charge in [-0.1, -0.05) is 19.4 Å². The van der Waals surface area contributed by atoms with Gasteiger partial charge in [-0.05, 0) is 19.6 Å². The minimum atomic E-state index is -0.120. The minimum absolute atomic E-state index is 0.120. The van der Waals surface area contributed by atoms with Gasteiger partial charge in [0, 0.05) is 19.6 Å². The van der Waals surface area contributed by atoms with Crippen molar-refractivity contribution in [2.24, 2.45) is 0 Å². The Morgan fingerprint density at radius 1 is 1.52 bits per heavy atom. The van der Waals surface area contributed by atoms with E-state index in [4.69, 9.17) is 5.73 Å². The fraction of sp³-hybridized carbons (Fsp3) is 0.533. The monoisotopic (exact) mass is 327 g/mol. The van der Waals surface area contributed by atoms with Crippen molar-refractivity contribution >= 4 is 39.7 Å². The van der Waals surface area contributed by atoms with Crippen molar-refractivity contribution in [1.82, 2.24) is 5.32 Å². The first-order valence-corrected chi connectivity index (χ1v) is 9.24. The maximum atomic E-state index is 12.2. The lowest BCUT2D eigenvalue weighted by Crippen LogP contribution is -2.23. The zero-order valence-electron chi connectivity index (χ0n) is 13.1. The molecule has 0 spiro atoms. The molecule has 0 unspecified atom stereocenters. The Balaban J connectivity index is 3.08. The van der Waals surface area contributed by atoms with Crippen LogP contribution in [0.4, 0.5) is 10.7 Å². The topological polar surface area (TPSA) is 58.4 Å². The average molecular weight is 328 g/mol. The van der Waals surface area contributed by atoms with Crippen LogP contribution in [0.25, 0.3) is 0 Å². The van der Waals surface area contributed by atoms with Crippen molar-refractivity contribution < 1.29 is 4.79 Å². The molecule has 0 radical (unpaired) electrons. The second-order valence-electron chi connectivity index (χ2n) is 4.62. The first-order chi connectivity index (χ1) is 10.1. The Morgan fingerprint density at radius 2 is 2.24 bits per heavy atom. The highest BCUT2D eigenvalue weighted by Crippen LogP contribution is 2.43. The smallest absolute Gasteiger partial charge is 0.263 e. The van der Waals surface area contributed by atoms with Gasteiger partial charge in [0.25, 0.3) is 5.91 Å². The lowest BCUT2D eigenvalue weighted by Gasteiger charge is -2.22. The van der Waals surface area contributed by atoms with E-state index in [1.54, 1.807) is 17.8 Å². The molecule has 0 bridgehead atoms. The molecule has 0 fully saturated rings. The molecule has 1 aromatic heterocycles. The quantitative estimate of drug-likeness (QED) is 0.537.